The second-order valence-electron chi connectivity index (χ2n) is 6.91. The van der Waals surface area contributed by atoms with E-state index >= 15 is 0 Å². The lowest BCUT2D eigenvalue weighted by Crippen LogP contribution is -2.42. The molecule has 2 aromatic rings. The maximum Gasteiger partial charge on any atom is 0.187 e. The number of aliphatic hydroxyl groups excluding tert-OH is 1. The van der Waals surface area contributed by atoms with Gasteiger partial charge < -0.3 is 24.1 Å². The number of rotatable bonds is 8. The molecular weight excluding hydrogens is 344 g/mol. The van der Waals surface area contributed by atoms with Crippen molar-refractivity contribution in [2.45, 2.75) is 42.9 Å². The smallest absolute Gasteiger partial charge is 0.187 e. The van der Waals surface area contributed by atoms with Crippen LogP contribution < -0.4 is 0 Å². The van der Waals surface area contributed by atoms with Crippen LogP contribution in [0.5, 0.6) is 0 Å². The lowest BCUT2D eigenvalue weighted by atomic mass is 10.1. The van der Waals surface area contributed by atoms with Crippen LogP contribution in [0.3, 0.4) is 0 Å². The zero-order valence-corrected chi connectivity index (χ0v) is 15.3. The summed E-state index contributed by atoms with van der Waals surface area (Å²) in [7, 11) is 1.50. The first kappa shape index (κ1) is 18.3. The van der Waals surface area contributed by atoms with Crippen LogP contribution in [0.1, 0.15) is 11.1 Å². The van der Waals surface area contributed by atoms with Gasteiger partial charge in [0, 0.05) is 7.11 Å². The minimum atomic E-state index is -1.04. The van der Waals surface area contributed by atoms with E-state index in [0.717, 1.165) is 11.1 Å². The van der Waals surface area contributed by atoms with Gasteiger partial charge in [-0.05, 0) is 11.1 Å². The Hall–Kier alpha value is -2.02. The largest absolute Gasteiger partial charge is 0.385 e. The van der Waals surface area contributed by atoms with E-state index in [1.54, 1.807) is 6.08 Å². The highest BCUT2D eigenvalue weighted by molar-refractivity contribution is 5.43. The average molecular weight is 368 g/mol. The molecule has 0 aromatic heterocycles. The van der Waals surface area contributed by atoms with Gasteiger partial charge in [-0.25, -0.2) is 0 Å². The van der Waals surface area contributed by atoms with Crippen molar-refractivity contribution in [1.29, 1.82) is 0 Å². The standard InChI is InChI=1S/C22H24O5/c1-3-21-20(25-14-16-10-6-4-7-11-16)22(21,18(23)19(24-2)27-21)26-15-17-12-8-5-9-13-17/h3-13,18-20,23H,1,14-15H2,2H3/t18-,19?,20?,21+,22+/m0/s1. The molecular formula is C22H24O5. The van der Waals surface area contributed by atoms with Crippen molar-refractivity contribution in [1.82, 2.24) is 0 Å². The molecule has 5 atom stereocenters. The third kappa shape index (κ3) is 2.83. The van der Waals surface area contributed by atoms with Crippen LogP contribution in [0.15, 0.2) is 73.3 Å². The van der Waals surface area contributed by atoms with Crippen LogP contribution in [0, 0.1) is 0 Å². The lowest BCUT2D eigenvalue weighted by molar-refractivity contribution is -0.198. The number of methoxy groups -OCH3 is 1. The van der Waals surface area contributed by atoms with Gasteiger partial charge in [-0.15, -0.1) is 6.58 Å². The maximum absolute atomic E-state index is 10.9. The molecule has 4 rings (SSSR count). The molecule has 2 aromatic carbocycles. The molecule has 142 valence electrons. The molecule has 0 bridgehead atoms. The fourth-order valence-electron chi connectivity index (χ4n) is 3.98. The molecule has 5 nitrogen and oxygen atoms in total. The van der Waals surface area contributed by atoms with Crippen molar-refractivity contribution in [2.75, 3.05) is 7.11 Å². The van der Waals surface area contributed by atoms with Crippen LogP contribution in [0.25, 0.3) is 0 Å². The van der Waals surface area contributed by atoms with Crippen molar-refractivity contribution < 1.29 is 24.1 Å². The summed E-state index contributed by atoms with van der Waals surface area (Å²) in [6, 6.07) is 19.7. The van der Waals surface area contributed by atoms with E-state index in [1.807, 2.05) is 60.7 Å². The summed E-state index contributed by atoms with van der Waals surface area (Å²) in [6.07, 6.45) is -0.566. The summed E-state index contributed by atoms with van der Waals surface area (Å²) in [5.41, 5.74) is 0.0701. The number of benzene rings is 2. The van der Waals surface area contributed by atoms with E-state index in [1.165, 1.54) is 7.11 Å². The highest BCUT2D eigenvalue weighted by atomic mass is 16.8. The quantitative estimate of drug-likeness (QED) is 0.726. The minimum Gasteiger partial charge on any atom is -0.385 e. The van der Waals surface area contributed by atoms with E-state index in [-0.39, 0.29) is 0 Å². The van der Waals surface area contributed by atoms with Gasteiger partial charge in [0.2, 0.25) is 0 Å². The monoisotopic (exact) mass is 368 g/mol. The summed E-state index contributed by atoms with van der Waals surface area (Å²) in [4.78, 5) is 0. The van der Waals surface area contributed by atoms with E-state index < -0.39 is 29.7 Å². The molecule has 1 saturated heterocycles. The van der Waals surface area contributed by atoms with Crippen LogP contribution in [0.4, 0.5) is 0 Å². The number of hydrogen-bond acceptors (Lipinski definition) is 5. The van der Waals surface area contributed by atoms with Crippen molar-refractivity contribution in [2.24, 2.45) is 0 Å². The molecule has 0 amide bonds. The molecule has 1 aliphatic heterocycles. The Balaban J connectivity index is 1.55. The fourth-order valence-corrected chi connectivity index (χ4v) is 3.98. The van der Waals surface area contributed by atoms with E-state index in [0.29, 0.717) is 13.2 Å². The predicted molar refractivity (Wildman–Crippen MR) is 99.8 cm³/mol. The minimum absolute atomic E-state index is 0.332. The second kappa shape index (κ2) is 7.19. The molecule has 0 radical (unpaired) electrons. The molecule has 5 heteroatoms. The van der Waals surface area contributed by atoms with Gasteiger partial charge in [0.25, 0.3) is 0 Å². The van der Waals surface area contributed by atoms with Crippen molar-refractivity contribution in [3.05, 3.63) is 84.4 Å². The third-order valence-electron chi connectivity index (χ3n) is 5.43. The second-order valence-corrected chi connectivity index (χ2v) is 6.91. The molecule has 1 N–H and O–H groups in total. The van der Waals surface area contributed by atoms with Gasteiger partial charge in [-0.2, -0.15) is 0 Å². The Morgan fingerprint density at radius 1 is 1.04 bits per heavy atom. The molecule has 27 heavy (non-hydrogen) atoms. The normalized spacial score (nSPS) is 34.2. The van der Waals surface area contributed by atoms with Crippen LogP contribution in [-0.2, 0) is 32.2 Å². The Labute approximate surface area is 159 Å². The van der Waals surface area contributed by atoms with Gasteiger partial charge in [-0.3, -0.25) is 0 Å². The van der Waals surface area contributed by atoms with Gasteiger partial charge in [0.15, 0.2) is 17.5 Å². The van der Waals surface area contributed by atoms with Crippen LogP contribution >= 0.6 is 0 Å². The first-order chi connectivity index (χ1) is 13.2. The van der Waals surface area contributed by atoms with Crippen molar-refractivity contribution in [3.63, 3.8) is 0 Å². The molecule has 2 aliphatic rings. The van der Waals surface area contributed by atoms with Crippen LogP contribution in [-0.4, -0.2) is 41.9 Å². The van der Waals surface area contributed by atoms with Gasteiger partial charge >= 0.3 is 0 Å². The summed E-state index contributed by atoms with van der Waals surface area (Å²) in [5.74, 6) is 0. The van der Waals surface area contributed by atoms with E-state index in [4.69, 9.17) is 18.9 Å². The number of fused-ring (bicyclic) bond motifs is 1. The fraction of sp³-hybridized carbons (Fsp3) is 0.364. The lowest BCUT2D eigenvalue weighted by Gasteiger charge is -2.24. The number of aliphatic hydroxyl groups is 1. The van der Waals surface area contributed by atoms with Gasteiger partial charge in [0.05, 0.1) is 13.2 Å². The molecule has 2 fully saturated rings. The average Bonchev–Trinajstić information content (AvgIpc) is 3.20. The van der Waals surface area contributed by atoms with E-state index in [2.05, 4.69) is 6.58 Å². The topological polar surface area (TPSA) is 57.2 Å². The predicted octanol–water partition coefficient (Wildman–Crippen LogP) is 2.83. The summed E-state index contributed by atoms with van der Waals surface area (Å²) < 4.78 is 23.6. The summed E-state index contributed by atoms with van der Waals surface area (Å²) in [6.45, 7) is 4.64. The highest BCUT2D eigenvalue weighted by Gasteiger charge is 2.88. The first-order valence-electron chi connectivity index (χ1n) is 9.03. The third-order valence-corrected chi connectivity index (χ3v) is 5.43. The van der Waals surface area contributed by atoms with Crippen molar-refractivity contribution >= 4 is 0 Å². The highest BCUT2D eigenvalue weighted by Crippen LogP contribution is 2.65. The molecule has 0 spiro atoms. The Morgan fingerprint density at radius 2 is 1.63 bits per heavy atom. The summed E-state index contributed by atoms with van der Waals surface area (Å²) >= 11 is 0. The molecule has 1 saturated carbocycles. The van der Waals surface area contributed by atoms with Crippen LogP contribution in [0.2, 0.25) is 0 Å². The van der Waals surface area contributed by atoms with Gasteiger partial charge in [0.1, 0.15) is 12.2 Å². The Morgan fingerprint density at radius 3 is 2.19 bits per heavy atom. The zero-order chi connectivity index (χ0) is 18.9. The molecule has 1 heterocycles. The summed E-state index contributed by atoms with van der Waals surface area (Å²) in [5, 5.41) is 10.9. The molecule has 1 aliphatic carbocycles. The van der Waals surface area contributed by atoms with Crippen molar-refractivity contribution in [3.8, 4) is 0 Å². The number of hydrogen-bond donors (Lipinski definition) is 1. The van der Waals surface area contributed by atoms with E-state index in [9.17, 15) is 5.11 Å². The molecule has 2 unspecified atom stereocenters. The Bertz CT molecular complexity index is 780. The Kier molecular flexibility index (Phi) is 4.88. The first-order valence-corrected chi connectivity index (χ1v) is 9.03. The maximum atomic E-state index is 10.9. The number of ether oxygens (including phenoxy) is 4. The SMILES string of the molecule is C=C[C@]12OC(OC)[C@H](O)[C@@]1(OCc1ccccc1)C2OCc1ccccc1. The van der Waals surface area contributed by atoms with Gasteiger partial charge in [-0.1, -0.05) is 66.7 Å². The zero-order valence-electron chi connectivity index (χ0n) is 15.3.